The van der Waals surface area contributed by atoms with Gasteiger partial charge in [-0.3, -0.25) is 0 Å². The summed E-state index contributed by atoms with van der Waals surface area (Å²) >= 11 is 9.51. The molecule has 0 radical (unpaired) electrons. The molecule has 0 bridgehead atoms. The average molecular weight is 357 g/mol. The van der Waals surface area contributed by atoms with Crippen LogP contribution >= 0.6 is 27.5 Å². The molecule has 0 heterocycles. The predicted octanol–water partition coefficient (Wildman–Crippen LogP) is 4.17. The summed E-state index contributed by atoms with van der Waals surface area (Å²) < 4.78 is 11.7. The fraction of sp³-hybridized carbons (Fsp3) is 0.200. The minimum Gasteiger partial charge on any atom is -0.496 e. The van der Waals surface area contributed by atoms with Crippen molar-refractivity contribution in [2.75, 3.05) is 14.2 Å². The molecule has 106 valence electrons. The first-order chi connectivity index (χ1) is 9.56. The highest BCUT2D eigenvalue weighted by molar-refractivity contribution is 9.10. The van der Waals surface area contributed by atoms with Crippen molar-refractivity contribution in [1.29, 1.82) is 0 Å². The van der Waals surface area contributed by atoms with Gasteiger partial charge in [0, 0.05) is 20.6 Å². The average Bonchev–Trinajstić information content (AvgIpc) is 2.46. The van der Waals surface area contributed by atoms with Crippen LogP contribution < -0.4 is 15.2 Å². The van der Waals surface area contributed by atoms with E-state index in [9.17, 15) is 0 Å². The summed E-state index contributed by atoms with van der Waals surface area (Å²) in [6.07, 6.45) is 0. The van der Waals surface area contributed by atoms with Gasteiger partial charge >= 0.3 is 0 Å². The van der Waals surface area contributed by atoms with Gasteiger partial charge in [-0.05, 0) is 36.4 Å². The second kappa shape index (κ2) is 6.48. The van der Waals surface area contributed by atoms with Crippen LogP contribution in [0.4, 0.5) is 0 Å². The first-order valence-corrected chi connectivity index (χ1v) is 7.16. The van der Waals surface area contributed by atoms with Gasteiger partial charge in [0.05, 0.1) is 20.3 Å². The molecular weight excluding hydrogens is 342 g/mol. The monoisotopic (exact) mass is 355 g/mol. The molecule has 0 aliphatic rings. The molecule has 0 amide bonds. The quantitative estimate of drug-likeness (QED) is 0.894. The van der Waals surface area contributed by atoms with Crippen LogP contribution in [0.2, 0.25) is 5.02 Å². The van der Waals surface area contributed by atoms with Gasteiger partial charge in [-0.1, -0.05) is 27.5 Å². The normalized spacial score (nSPS) is 12.1. The fourth-order valence-electron chi connectivity index (χ4n) is 2.06. The molecule has 0 saturated carbocycles. The van der Waals surface area contributed by atoms with Crippen LogP contribution in [-0.4, -0.2) is 14.2 Å². The number of halogens is 2. The number of ether oxygens (including phenoxy) is 2. The number of hydrogen-bond donors (Lipinski definition) is 1. The van der Waals surface area contributed by atoms with E-state index in [1.165, 1.54) is 0 Å². The maximum absolute atomic E-state index is 6.37. The third kappa shape index (κ3) is 3.08. The molecule has 2 rings (SSSR count). The first kappa shape index (κ1) is 15.2. The van der Waals surface area contributed by atoms with E-state index in [1.807, 2.05) is 30.3 Å². The zero-order valence-corrected chi connectivity index (χ0v) is 13.5. The van der Waals surface area contributed by atoms with Crippen molar-refractivity contribution in [3.8, 4) is 11.5 Å². The van der Waals surface area contributed by atoms with Gasteiger partial charge in [-0.15, -0.1) is 0 Å². The first-order valence-electron chi connectivity index (χ1n) is 5.99. The predicted molar refractivity (Wildman–Crippen MR) is 84.7 cm³/mol. The third-order valence-corrected chi connectivity index (χ3v) is 3.78. The van der Waals surface area contributed by atoms with Crippen LogP contribution in [-0.2, 0) is 0 Å². The molecule has 20 heavy (non-hydrogen) atoms. The van der Waals surface area contributed by atoms with Crippen molar-refractivity contribution in [1.82, 2.24) is 0 Å². The molecule has 1 atom stereocenters. The molecule has 0 saturated heterocycles. The Labute approximate surface area is 131 Å². The molecule has 0 fully saturated rings. The van der Waals surface area contributed by atoms with Gasteiger partial charge in [0.15, 0.2) is 0 Å². The van der Waals surface area contributed by atoms with Crippen LogP contribution in [0.5, 0.6) is 11.5 Å². The van der Waals surface area contributed by atoms with Gasteiger partial charge in [0.1, 0.15) is 11.5 Å². The summed E-state index contributed by atoms with van der Waals surface area (Å²) in [6.45, 7) is 0. The molecule has 0 spiro atoms. The number of hydrogen-bond acceptors (Lipinski definition) is 3. The summed E-state index contributed by atoms with van der Waals surface area (Å²) in [4.78, 5) is 0. The summed E-state index contributed by atoms with van der Waals surface area (Å²) in [6, 6.07) is 10.7. The Balaban J connectivity index is 2.53. The summed E-state index contributed by atoms with van der Waals surface area (Å²) in [5, 5.41) is 0.616. The van der Waals surface area contributed by atoms with E-state index in [1.54, 1.807) is 20.3 Å². The van der Waals surface area contributed by atoms with Crippen molar-refractivity contribution < 1.29 is 9.47 Å². The van der Waals surface area contributed by atoms with Crippen molar-refractivity contribution in [3.63, 3.8) is 0 Å². The minimum atomic E-state index is -0.393. The van der Waals surface area contributed by atoms with Gasteiger partial charge in [-0.2, -0.15) is 0 Å². The Morgan fingerprint density at radius 1 is 1.00 bits per heavy atom. The highest BCUT2D eigenvalue weighted by atomic mass is 79.9. The summed E-state index contributed by atoms with van der Waals surface area (Å²) in [7, 11) is 3.23. The van der Waals surface area contributed by atoms with Crippen LogP contribution in [0.3, 0.4) is 0 Å². The van der Waals surface area contributed by atoms with E-state index in [2.05, 4.69) is 15.9 Å². The van der Waals surface area contributed by atoms with Crippen molar-refractivity contribution in [2.45, 2.75) is 6.04 Å². The highest BCUT2D eigenvalue weighted by Crippen LogP contribution is 2.35. The lowest BCUT2D eigenvalue weighted by molar-refractivity contribution is 0.400. The van der Waals surface area contributed by atoms with E-state index >= 15 is 0 Å². The molecule has 0 aromatic heterocycles. The molecule has 1 unspecified atom stereocenters. The Bertz CT molecular complexity index is 565. The number of methoxy groups -OCH3 is 2. The molecule has 0 aliphatic heterocycles. The van der Waals surface area contributed by atoms with Gasteiger partial charge in [0.25, 0.3) is 0 Å². The summed E-state index contributed by atoms with van der Waals surface area (Å²) in [5.41, 5.74) is 8.05. The smallest absolute Gasteiger partial charge is 0.124 e. The fourth-order valence-corrected chi connectivity index (χ4v) is 2.62. The van der Waals surface area contributed by atoms with Crippen molar-refractivity contribution in [2.24, 2.45) is 5.73 Å². The van der Waals surface area contributed by atoms with E-state index in [4.69, 9.17) is 26.8 Å². The van der Waals surface area contributed by atoms with Gasteiger partial charge < -0.3 is 15.2 Å². The van der Waals surface area contributed by atoms with Crippen LogP contribution in [0, 0.1) is 0 Å². The maximum atomic E-state index is 6.37. The third-order valence-electron chi connectivity index (χ3n) is 3.05. The topological polar surface area (TPSA) is 44.5 Å². The Hall–Kier alpha value is -1.23. The van der Waals surface area contributed by atoms with Crippen LogP contribution in [0.25, 0.3) is 0 Å². The Morgan fingerprint density at radius 3 is 2.15 bits per heavy atom. The lowest BCUT2D eigenvalue weighted by atomic mass is 9.98. The van der Waals surface area contributed by atoms with E-state index < -0.39 is 6.04 Å². The molecule has 2 aromatic carbocycles. The molecule has 2 N–H and O–H groups in total. The largest absolute Gasteiger partial charge is 0.496 e. The maximum Gasteiger partial charge on any atom is 0.124 e. The van der Waals surface area contributed by atoms with E-state index in [0.717, 1.165) is 21.3 Å². The van der Waals surface area contributed by atoms with Crippen molar-refractivity contribution >= 4 is 27.5 Å². The Kier molecular flexibility index (Phi) is 4.91. The zero-order valence-electron chi connectivity index (χ0n) is 11.2. The van der Waals surface area contributed by atoms with Gasteiger partial charge in [0.2, 0.25) is 0 Å². The molecular formula is C15H15BrClNO2. The number of rotatable bonds is 4. The molecule has 0 aliphatic carbocycles. The van der Waals surface area contributed by atoms with Crippen LogP contribution in [0.15, 0.2) is 40.9 Å². The lowest BCUT2D eigenvalue weighted by Crippen LogP contribution is -2.14. The molecule has 3 nitrogen and oxygen atoms in total. The van der Waals surface area contributed by atoms with Gasteiger partial charge in [-0.25, -0.2) is 0 Å². The number of nitrogens with two attached hydrogens (primary N) is 1. The highest BCUT2D eigenvalue weighted by Gasteiger charge is 2.18. The lowest BCUT2D eigenvalue weighted by Gasteiger charge is -2.19. The Morgan fingerprint density at radius 2 is 1.55 bits per heavy atom. The standard InChI is InChI=1S/C15H15BrClNO2/c1-19-13-5-3-9(16)7-11(13)15(18)12-8-10(17)4-6-14(12)20-2/h3-8,15H,18H2,1-2H3. The summed E-state index contributed by atoms with van der Waals surface area (Å²) in [5.74, 6) is 1.42. The zero-order chi connectivity index (χ0) is 14.7. The second-order valence-corrected chi connectivity index (χ2v) is 5.60. The second-order valence-electron chi connectivity index (χ2n) is 4.25. The van der Waals surface area contributed by atoms with Crippen LogP contribution in [0.1, 0.15) is 17.2 Å². The minimum absolute atomic E-state index is 0.393. The number of benzene rings is 2. The SMILES string of the molecule is COc1ccc(Cl)cc1C(N)c1cc(Br)ccc1OC. The molecule has 5 heteroatoms. The van der Waals surface area contributed by atoms with Crippen molar-refractivity contribution in [3.05, 3.63) is 57.0 Å². The molecule has 2 aromatic rings. The van der Waals surface area contributed by atoms with E-state index in [-0.39, 0.29) is 0 Å². The van der Waals surface area contributed by atoms with E-state index in [0.29, 0.717) is 10.8 Å².